The Balaban J connectivity index is 1.66. The van der Waals surface area contributed by atoms with Crippen LogP contribution in [0.5, 0.6) is 11.5 Å². The summed E-state index contributed by atoms with van der Waals surface area (Å²) >= 11 is 0. The fourth-order valence-corrected chi connectivity index (χ4v) is 3.97. The van der Waals surface area contributed by atoms with Gasteiger partial charge >= 0.3 is 6.03 Å². The maximum Gasteiger partial charge on any atom is 0.322 e. The molecule has 0 spiro atoms. The largest absolute Gasteiger partial charge is 0.493 e. The van der Waals surface area contributed by atoms with E-state index in [9.17, 15) is 9.59 Å². The van der Waals surface area contributed by atoms with Gasteiger partial charge in [-0.25, -0.2) is 4.79 Å². The Labute approximate surface area is 175 Å². The van der Waals surface area contributed by atoms with Gasteiger partial charge in [0.2, 0.25) is 0 Å². The second-order valence-corrected chi connectivity index (χ2v) is 7.18. The van der Waals surface area contributed by atoms with E-state index in [1.54, 1.807) is 38.4 Å². The number of urea groups is 1. The molecule has 2 aliphatic heterocycles. The lowest BCUT2D eigenvalue weighted by atomic mass is 9.94. The smallest absolute Gasteiger partial charge is 0.322 e. The van der Waals surface area contributed by atoms with Crippen molar-refractivity contribution < 1.29 is 19.1 Å². The first-order valence-electron chi connectivity index (χ1n) is 9.72. The van der Waals surface area contributed by atoms with Crippen molar-refractivity contribution in [3.8, 4) is 11.5 Å². The molecular formula is C22H24N4O4. The first-order chi connectivity index (χ1) is 14.5. The predicted molar refractivity (Wildman–Crippen MR) is 110 cm³/mol. The van der Waals surface area contributed by atoms with E-state index in [1.165, 1.54) is 4.90 Å². The number of amides is 3. The Morgan fingerprint density at radius 3 is 2.67 bits per heavy atom. The molecule has 2 aromatic rings. The minimum Gasteiger partial charge on any atom is -0.493 e. The molecule has 0 saturated heterocycles. The molecule has 0 radical (unpaired) electrons. The monoisotopic (exact) mass is 408 g/mol. The number of pyridine rings is 1. The molecule has 1 N–H and O–H groups in total. The van der Waals surface area contributed by atoms with Gasteiger partial charge in [-0.3, -0.25) is 14.7 Å². The minimum absolute atomic E-state index is 0.0948. The first kappa shape index (κ1) is 19.8. The maximum absolute atomic E-state index is 13.3. The molecule has 4 rings (SSSR count). The third kappa shape index (κ3) is 3.34. The number of ether oxygens (including phenoxy) is 2. The van der Waals surface area contributed by atoms with Gasteiger partial charge in [0.05, 0.1) is 38.1 Å². The molecule has 2 aliphatic rings. The average Bonchev–Trinajstić information content (AvgIpc) is 3.11. The van der Waals surface area contributed by atoms with Crippen LogP contribution in [-0.2, 0) is 11.2 Å². The van der Waals surface area contributed by atoms with Crippen LogP contribution in [0.2, 0.25) is 0 Å². The lowest BCUT2D eigenvalue weighted by molar-refractivity contribution is -0.125. The molecular weight excluding hydrogens is 384 g/mol. The van der Waals surface area contributed by atoms with Crippen molar-refractivity contribution in [2.24, 2.45) is 0 Å². The molecule has 8 heteroatoms. The number of rotatable bonds is 6. The van der Waals surface area contributed by atoms with Gasteiger partial charge in [0.1, 0.15) is 0 Å². The summed E-state index contributed by atoms with van der Waals surface area (Å²) in [5, 5.41) is 2.94. The molecule has 0 bridgehead atoms. The van der Waals surface area contributed by atoms with Crippen LogP contribution >= 0.6 is 0 Å². The molecule has 1 aromatic carbocycles. The van der Waals surface area contributed by atoms with Crippen molar-refractivity contribution in [2.45, 2.75) is 12.5 Å². The third-order valence-corrected chi connectivity index (χ3v) is 5.54. The zero-order chi connectivity index (χ0) is 21.3. The lowest BCUT2D eigenvalue weighted by Crippen LogP contribution is -2.45. The van der Waals surface area contributed by atoms with Gasteiger partial charge in [0.25, 0.3) is 5.91 Å². The molecule has 0 aliphatic carbocycles. The average molecular weight is 408 g/mol. The molecule has 3 amide bonds. The minimum atomic E-state index is -0.610. The van der Waals surface area contributed by atoms with Gasteiger partial charge < -0.3 is 19.7 Å². The van der Waals surface area contributed by atoms with Crippen molar-refractivity contribution in [3.05, 3.63) is 65.1 Å². The fourth-order valence-electron chi connectivity index (χ4n) is 3.97. The van der Waals surface area contributed by atoms with Crippen LogP contribution in [0.3, 0.4) is 0 Å². The number of aromatic nitrogens is 1. The zero-order valence-electron chi connectivity index (χ0n) is 17.2. The topological polar surface area (TPSA) is 84.0 Å². The van der Waals surface area contributed by atoms with Crippen molar-refractivity contribution in [2.75, 3.05) is 34.4 Å². The molecule has 156 valence electrons. The van der Waals surface area contributed by atoms with Crippen LogP contribution in [-0.4, -0.2) is 61.1 Å². The number of nitrogens with zero attached hydrogens (tertiary/aromatic N) is 3. The second kappa shape index (κ2) is 8.06. The standard InChI is InChI=1S/C22H24N4O4/c1-25-16-13-26(12-10-14-7-4-5-11-23-14)21(27)18(16)19(24-22(25)28)15-8-6-9-17(29-2)20(15)30-3/h4-9,11,19H,10,12-13H2,1-3H3,(H,24,28). The Morgan fingerprint density at radius 2 is 1.97 bits per heavy atom. The quantitative estimate of drug-likeness (QED) is 0.792. The highest BCUT2D eigenvalue weighted by atomic mass is 16.5. The van der Waals surface area contributed by atoms with Gasteiger partial charge in [-0.2, -0.15) is 0 Å². The molecule has 1 aromatic heterocycles. The van der Waals surface area contributed by atoms with Crippen molar-refractivity contribution in [3.63, 3.8) is 0 Å². The third-order valence-electron chi connectivity index (χ3n) is 5.54. The van der Waals surface area contributed by atoms with E-state index < -0.39 is 6.04 Å². The van der Waals surface area contributed by atoms with Gasteiger partial charge in [-0.05, 0) is 18.2 Å². The number of methoxy groups -OCH3 is 2. The van der Waals surface area contributed by atoms with E-state index in [-0.39, 0.29) is 11.9 Å². The number of hydrogen-bond acceptors (Lipinski definition) is 5. The summed E-state index contributed by atoms with van der Waals surface area (Å²) < 4.78 is 10.9. The summed E-state index contributed by atoms with van der Waals surface area (Å²) in [7, 11) is 4.78. The summed E-state index contributed by atoms with van der Waals surface area (Å²) in [6.07, 6.45) is 2.39. The van der Waals surface area contributed by atoms with Gasteiger partial charge in [-0.1, -0.05) is 18.2 Å². The number of carbonyl (C=O) groups is 2. The number of benzene rings is 1. The Bertz CT molecular complexity index is 1010. The summed E-state index contributed by atoms with van der Waals surface area (Å²) in [6.45, 7) is 0.903. The summed E-state index contributed by atoms with van der Waals surface area (Å²) in [4.78, 5) is 33.6. The lowest BCUT2D eigenvalue weighted by Gasteiger charge is -2.31. The highest BCUT2D eigenvalue weighted by molar-refractivity contribution is 6.01. The normalized spacial score (nSPS) is 18.4. The zero-order valence-corrected chi connectivity index (χ0v) is 17.2. The van der Waals surface area contributed by atoms with Gasteiger partial charge in [-0.15, -0.1) is 0 Å². The number of carbonyl (C=O) groups excluding carboxylic acids is 2. The Hall–Kier alpha value is -3.55. The maximum atomic E-state index is 13.3. The number of hydrogen-bond donors (Lipinski definition) is 1. The number of para-hydroxylation sites is 1. The van der Waals surface area contributed by atoms with Crippen LogP contribution < -0.4 is 14.8 Å². The summed E-state index contributed by atoms with van der Waals surface area (Å²) in [5.74, 6) is 0.951. The predicted octanol–water partition coefficient (Wildman–Crippen LogP) is 2.13. The van der Waals surface area contributed by atoms with Crippen molar-refractivity contribution in [1.29, 1.82) is 0 Å². The van der Waals surface area contributed by atoms with Crippen LogP contribution in [0.4, 0.5) is 4.79 Å². The fraction of sp³-hybridized carbons (Fsp3) is 0.318. The molecule has 8 nitrogen and oxygen atoms in total. The summed E-state index contributed by atoms with van der Waals surface area (Å²) in [5.41, 5.74) is 2.87. The molecule has 30 heavy (non-hydrogen) atoms. The Kier molecular flexibility index (Phi) is 5.31. The molecule has 0 fully saturated rings. The van der Waals surface area contributed by atoms with Crippen molar-refractivity contribution >= 4 is 11.9 Å². The molecule has 0 saturated carbocycles. The highest BCUT2D eigenvalue weighted by Gasteiger charge is 2.43. The Morgan fingerprint density at radius 1 is 1.13 bits per heavy atom. The van der Waals surface area contributed by atoms with E-state index >= 15 is 0 Å². The van der Waals surface area contributed by atoms with Gasteiger partial charge in [0.15, 0.2) is 11.5 Å². The van der Waals surface area contributed by atoms with Crippen LogP contribution in [0, 0.1) is 0 Å². The van der Waals surface area contributed by atoms with Crippen LogP contribution in [0.15, 0.2) is 53.9 Å². The molecule has 3 heterocycles. The van der Waals surface area contributed by atoms with E-state index in [4.69, 9.17) is 9.47 Å². The van der Waals surface area contributed by atoms with E-state index in [1.807, 2.05) is 30.3 Å². The van der Waals surface area contributed by atoms with E-state index in [0.29, 0.717) is 47.8 Å². The number of likely N-dealkylation sites (N-methyl/N-ethyl adjacent to an activating group) is 1. The van der Waals surface area contributed by atoms with E-state index in [2.05, 4.69) is 10.3 Å². The van der Waals surface area contributed by atoms with Crippen LogP contribution in [0.1, 0.15) is 17.3 Å². The highest BCUT2D eigenvalue weighted by Crippen LogP contribution is 2.42. The SMILES string of the molecule is COc1cccc(C2NC(=O)N(C)C3=C2C(=O)N(CCc2ccccn2)C3)c1OC. The number of nitrogens with one attached hydrogen (secondary N) is 1. The second-order valence-electron chi connectivity index (χ2n) is 7.18. The van der Waals surface area contributed by atoms with Crippen molar-refractivity contribution in [1.82, 2.24) is 20.1 Å². The van der Waals surface area contributed by atoms with Gasteiger partial charge in [0, 0.05) is 37.5 Å². The van der Waals surface area contributed by atoms with Crippen LogP contribution in [0.25, 0.3) is 0 Å². The molecule has 1 unspecified atom stereocenters. The summed E-state index contributed by atoms with van der Waals surface area (Å²) in [6, 6.07) is 10.3. The molecule has 1 atom stereocenters. The first-order valence-corrected chi connectivity index (χ1v) is 9.72. The van der Waals surface area contributed by atoms with E-state index in [0.717, 1.165) is 5.69 Å².